The molecule has 0 bridgehead atoms. The summed E-state index contributed by atoms with van der Waals surface area (Å²) in [6, 6.07) is 17.0. The minimum Gasteiger partial charge on any atom is -0.335 e. The van der Waals surface area contributed by atoms with Gasteiger partial charge in [-0.05, 0) is 36.8 Å². The Morgan fingerprint density at radius 1 is 1.05 bits per heavy atom. The molecule has 0 fully saturated rings. The van der Waals surface area contributed by atoms with E-state index < -0.39 is 0 Å². The third kappa shape index (κ3) is 3.58. The van der Waals surface area contributed by atoms with Crippen molar-refractivity contribution < 1.29 is 4.79 Å². The molecule has 98 valence electrons. The van der Waals surface area contributed by atoms with E-state index >= 15 is 0 Å². The van der Waals surface area contributed by atoms with E-state index in [2.05, 4.69) is 0 Å². The summed E-state index contributed by atoms with van der Waals surface area (Å²) in [6.45, 7) is 3.28. The molecule has 0 atom stereocenters. The molecule has 2 nitrogen and oxygen atoms in total. The summed E-state index contributed by atoms with van der Waals surface area (Å²) >= 11 is 5.83. The van der Waals surface area contributed by atoms with E-state index in [9.17, 15) is 4.79 Å². The van der Waals surface area contributed by atoms with E-state index in [1.165, 1.54) is 0 Å². The van der Waals surface area contributed by atoms with Crippen LogP contribution >= 0.6 is 11.6 Å². The van der Waals surface area contributed by atoms with Crippen LogP contribution in [0.1, 0.15) is 22.8 Å². The Balaban J connectivity index is 2.13. The summed E-state index contributed by atoms with van der Waals surface area (Å²) in [5.41, 5.74) is 1.80. The van der Waals surface area contributed by atoms with Gasteiger partial charge in [-0.3, -0.25) is 4.79 Å². The normalized spacial score (nSPS) is 10.2. The van der Waals surface area contributed by atoms with Crippen LogP contribution in [0.25, 0.3) is 0 Å². The molecule has 0 aliphatic heterocycles. The fourth-order valence-electron chi connectivity index (χ4n) is 1.91. The zero-order chi connectivity index (χ0) is 13.7. The third-order valence-electron chi connectivity index (χ3n) is 2.98. The van der Waals surface area contributed by atoms with Gasteiger partial charge in [-0.25, -0.2) is 0 Å². The molecular weight excluding hydrogens is 258 g/mol. The number of nitrogens with zero attached hydrogens (tertiary/aromatic N) is 1. The van der Waals surface area contributed by atoms with Gasteiger partial charge in [0.1, 0.15) is 0 Å². The third-order valence-corrected chi connectivity index (χ3v) is 3.23. The fourth-order valence-corrected chi connectivity index (χ4v) is 2.03. The summed E-state index contributed by atoms with van der Waals surface area (Å²) in [7, 11) is 0. The number of hydrogen-bond acceptors (Lipinski definition) is 1. The lowest BCUT2D eigenvalue weighted by molar-refractivity contribution is 0.0752. The van der Waals surface area contributed by atoms with E-state index in [1.807, 2.05) is 42.2 Å². The summed E-state index contributed by atoms with van der Waals surface area (Å²) in [6.07, 6.45) is 0. The zero-order valence-corrected chi connectivity index (χ0v) is 11.6. The largest absolute Gasteiger partial charge is 0.335 e. The van der Waals surface area contributed by atoms with E-state index in [0.717, 1.165) is 5.56 Å². The van der Waals surface area contributed by atoms with E-state index in [0.29, 0.717) is 23.7 Å². The van der Waals surface area contributed by atoms with Crippen molar-refractivity contribution in [2.45, 2.75) is 13.5 Å². The van der Waals surface area contributed by atoms with Crippen LogP contribution in [0.15, 0.2) is 54.6 Å². The quantitative estimate of drug-likeness (QED) is 0.824. The summed E-state index contributed by atoms with van der Waals surface area (Å²) < 4.78 is 0. The first-order chi connectivity index (χ1) is 9.20. The average Bonchev–Trinajstić information content (AvgIpc) is 2.46. The van der Waals surface area contributed by atoms with Crippen LogP contribution in [0, 0.1) is 0 Å². The number of amides is 1. The minimum atomic E-state index is 0.0306. The van der Waals surface area contributed by atoms with E-state index in [-0.39, 0.29) is 5.91 Å². The van der Waals surface area contributed by atoms with Crippen molar-refractivity contribution in [2.75, 3.05) is 6.54 Å². The average molecular weight is 274 g/mol. The smallest absolute Gasteiger partial charge is 0.254 e. The van der Waals surface area contributed by atoms with Crippen LogP contribution in [-0.2, 0) is 6.54 Å². The molecule has 2 rings (SSSR count). The number of hydrogen-bond donors (Lipinski definition) is 0. The Morgan fingerprint density at radius 2 is 1.68 bits per heavy atom. The molecule has 0 unspecified atom stereocenters. The highest BCUT2D eigenvalue weighted by molar-refractivity contribution is 6.30. The highest BCUT2D eigenvalue weighted by Crippen LogP contribution is 2.13. The fraction of sp³-hybridized carbons (Fsp3) is 0.188. The van der Waals surface area contributed by atoms with Crippen molar-refractivity contribution in [2.24, 2.45) is 0 Å². The molecule has 0 N–H and O–H groups in total. The molecule has 2 aromatic rings. The van der Waals surface area contributed by atoms with Crippen LogP contribution < -0.4 is 0 Å². The molecule has 19 heavy (non-hydrogen) atoms. The highest BCUT2D eigenvalue weighted by atomic mass is 35.5. The Morgan fingerprint density at radius 3 is 2.26 bits per heavy atom. The van der Waals surface area contributed by atoms with Crippen LogP contribution in [-0.4, -0.2) is 17.4 Å². The lowest BCUT2D eigenvalue weighted by atomic mass is 10.1. The number of rotatable bonds is 4. The molecule has 0 spiro atoms. The lowest BCUT2D eigenvalue weighted by Gasteiger charge is -2.21. The molecule has 0 radical (unpaired) electrons. The second-order valence-electron chi connectivity index (χ2n) is 4.31. The Kier molecular flexibility index (Phi) is 4.58. The van der Waals surface area contributed by atoms with Crippen LogP contribution in [0.3, 0.4) is 0 Å². The van der Waals surface area contributed by atoms with Gasteiger partial charge in [-0.1, -0.05) is 41.9 Å². The molecule has 0 saturated carbocycles. The molecule has 0 aliphatic carbocycles. The molecular formula is C16H16ClNO. The number of benzene rings is 2. The predicted octanol–water partition coefficient (Wildman–Crippen LogP) is 4.00. The van der Waals surface area contributed by atoms with Gasteiger partial charge >= 0.3 is 0 Å². The number of carbonyl (C=O) groups is 1. The highest BCUT2D eigenvalue weighted by Gasteiger charge is 2.14. The topological polar surface area (TPSA) is 20.3 Å². The molecule has 1 amide bonds. The maximum Gasteiger partial charge on any atom is 0.254 e. The first kappa shape index (κ1) is 13.6. The summed E-state index contributed by atoms with van der Waals surface area (Å²) in [5, 5.41) is 0.641. The molecule has 0 heterocycles. The van der Waals surface area contributed by atoms with Gasteiger partial charge in [-0.15, -0.1) is 0 Å². The van der Waals surface area contributed by atoms with Crippen molar-refractivity contribution in [3.63, 3.8) is 0 Å². The van der Waals surface area contributed by atoms with Crippen molar-refractivity contribution in [3.05, 3.63) is 70.7 Å². The van der Waals surface area contributed by atoms with Gasteiger partial charge in [0.05, 0.1) is 0 Å². The second-order valence-corrected chi connectivity index (χ2v) is 4.75. The van der Waals surface area contributed by atoms with Crippen molar-refractivity contribution >= 4 is 17.5 Å². The summed E-state index contributed by atoms with van der Waals surface area (Å²) in [4.78, 5) is 14.2. The van der Waals surface area contributed by atoms with Crippen LogP contribution in [0.2, 0.25) is 5.02 Å². The summed E-state index contributed by atoms with van der Waals surface area (Å²) in [5.74, 6) is 0.0306. The monoisotopic (exact) mass is 273 g/mol. The Bertz CT molecular complexity index is 536. The predicted molar refractivity (Wildman–Crippen MR) is 78.3 cm³/mol. The zero-order valence-electron chi connectivity index (χ0n) is 10.8. The Labute approximate surface area is 118 Å². The lowest BCUT2D eigenvalue weighted by Crippen LogP contribution is -2.30. The van der Waals surface area contributed by atoms with Gasteiger partial charge in [0, 0.05) is 23.7 Å². The van der Waals surface area contributed by atoms with Gasteiger partial charge in [-0.2, -0.15) is 0 Å². The maximum atomic E-state index is 12.4. The number of carbonyl (C=O) groups excluding carboxylic acids is 1. The first-order valence-corrected chi connectivity index (χ1v) is 6.67. The maximum absolute atomic E-state index is 12.4. The number of halogens is 1. The molecule has 0 aromatic heterocycles. The molecule has 2 aromatic carbocycles. The molecule has 3 heteroatoms. The van der Waals surface area contributed by atoms with E-state index in [1.54, 1.807) is 24.3 Å². The van der Waals surface area contributed by atoms with Gasteiger partial charge in [0.2, 0.25) is 0 Å². The van der Waals surface area contributed by atoms with Gasteiger partial charge < -0.3 is 4.90 Å². The SMILES string of the molecule is CCN(Cc1ccccc1)C(=O)c1ccc(Cl)cc1. The Hall–Kier alpha value is -1.80. The van der Waals surface area contributed by atoms with Gasteiger partial charge in [0.15, 0.2) is 0 Å². The first-order valence-electron chi connectivity index (χ1n) is 6.29. The van der Waals surface area contributed by atoms with Crippen molar-refractivity contribution in [3.8, 4) is 0 Å². The van der Waals surface area contributed by atoms with Crippen LogP contribution in [0.4, 0.5) is 0 Å². The van der Waals surface area contributed by atoms with Crippen molar-refractivity contribution in [1.82, 2.24) is 4.90 Å². The standard InChI is InChI=1S/C16H16ClNO/c1-2-18(12-13-6-4-3-5-7-13)16(19)14-8-10-15(17)11-9-14/h3-11H,2,12H2,1H3. The minimum absolute atomic E-state index is 0.0306. The van der Waals surface area contributed by atoms with Gasteiger partial charge in [0.25, 0.3) is 5.91 Å². The van der Waals surface area contributed by atoms with Crippen molar-refractivity contribution in [1.29, 1.82) is 0 Å². The molecule has 0 saturated heterocycles. The second kappa shape index (κ2) is 6.39. The van der Waals surface area contributed by atoms with E-state index in [4.69, 9.17) is 11.6 Å². The molecule has 0 aliphatic rings. The van der Waals surface area contributed by atoms with Crippen LogP contribution in [0.5, 0.6) is 0 Å².